The molecule has 0 unspecified atom stereocenters. The molecule has 10 heavy (non-hydrogen) atoms. The first kappa shape index (κ1) is 7.54. The van der Waals surface area contributed by atoms with Gasteiger partial charge in [0.05, 0.1) is 13.2 Å². The molecule has 1 rings (SSSR count). The second kappa shape index (κ2) is 3.01. The van der Waals surface area contributed by atoms with E-state index in [9.17, 15) is 4.79 Å². The fourth-order valence-corrected chi connectivity index (χ4v) is 0.906. The van der Waals surface area contributed by atoms with Gasteiger partial charge in [0.25, 0.3) is 0 Å². The molecule has 3 heteroatoms. The van der Waals surface area contributed by atoms with Crippen molar-refractivity contribution in [2.45, 2.75) is 6.92 Å². The molecule has 3 nitrogen and oxygen atoms in total. The molecule has 0 aromatic rings. The summed E-state index contributed by atoms with van der Waals surface area (Å²) in [6.07, 6.45) is 0. The van der Waals surface area contributed by atoms with Crippen molar-refractivity contribution in [3.8, 4) is 0 Å². The zero-order chi connectivity index (χ0) is 7.56. The van der Waals surface area contributed by atoms with Gasteiger partial charge in [0.2, 0.25) is 5.91 Å². The highest BCUT2D eigenvalue weighted by atomic mass is 16.5. The van der Waals surface area contributed by atoms with Crippen LogP contribution in [0.25, 0.3) is 0 Å². The van der Waals surface area contributed by atoms with E-state index in [1.807, 2.05) is 7.05 Å². The molecule has 1 fully saturated rings. The van der Waals surface area contributed by atoms with Crippen LogP contribution in [-0.2, 0) is 9.53 Å². The number of hydrogen-bond acceptors (Lipinski definition) is 2. The number of carbonyl (C=O) groups excluding carboxylic acids is 1. The zero-order valence-electron chi connectivity index (χ0n) is 6.46. The van der Waals surface area contributed by atoms with Gasteiger partial charge in [-0.15, -0.1) is 0 Å². The molecule has 0 atom stereocenters. The highest BCUT2D eigenvalue weighted by Crippen LogP contribution is 2.10. The van der Waals surface area contributed by atoms with Crippen LogP contribution in [0.1, 0.15) is 6.92 Å². The molecule has 58 valence electrons. The van der Waals surface area contributed by atoms with Crippen molar-refractivity contribution in [1.29, 1.82) is 0 Å². The van der Waals surface area contributed by atoms with E-state index < -0.39 is 0 Å². The summed E-state index contributed by atoms with van der Waals surface area (Å²) < 4.78 is 4.98. The number of hydrogen-bond donors (Lipinski definition) is 0. The van der Waals surface area contributed by atoms with Gasteiger partial charge in [-0.05, 0) is 0 Å². The summed E-state index contributed by atoms with van der Waals surface area (Å²) in [5.74, 6) is 0.709. The average molecular weight is 143 g/mol. The van der Waals surface area contributed by atoms with Crippen molar-refractivity contribution in [3.05, 3.63) is 0 Å². The van der Waals surface area contributed by atoms with Crippen LogP contribution in [0.2, 0.25) is 0 Å². The lowest BCUT2D eigenvalue weighted by molar-refractivity contribution is -0.130. The Morgan fingerprint density at radius 2 is 2.30 bits per heavy atom. The van der Waals surface area contributed by atoms with Gasteiger partial charge in [0.1, 0.15) is 0 Å². The molecule has 0 radical (unpaired) electrons. The summed E-state index contributed by atoms with van der Waals surface area (Å²) >= 11 is 0. The quantitative estimate of drug-likeness (QED) is 0.549. The maximum Gasteiger partial charge on any atom is 0.219 e. The standard InChI is InChI=1S/C7H13NO2/c1-6(9)8(2)3-7-4-10-5-7/h7H,3-5H2,1-2H3. The van der Waals surface area contributed by atoms with Crippen molar-refractivity contribution in [1.82, 2.24) is 4.90 Å². The van der Waals surface area contributed by atoms with Crippen LogP contribution in [0.5, 0.6) is 0 Å². The number of amides is 1. The first-order valence-electron chi connectivity index (χ1n) is 3.49. The smallest absolute Gasteiger partial charge is 0.219 e. The minimum absolute atomic E-state index is 0.131. The summed E-state index contributed by atoms with van der Waals surface area (Å²) in [4.78, 5) is 12.4. The van der Waals surface area contributed by atoms with Gasteiger partial charge in [-0.25, -0.2) is 0 Å². The van der Waals surface area contributed by atoms with Crippen LogP contribution < -0.4 is 0 Å². The third-order valence-electron chi connectivity index (χ3n) is 1.78. The highest BCUT2D eigenvalue weighted by molar-refractivity contribution is 5.72. The predicted molar refractivity (Wildman–Crippen MR) is 37.6 cm³/mol. The molecule has 0 spiro atoms. The molecule has 0 aromatic carbocycles. The zero-order valence-corrected chi connectivity index (χ0v) is 6.46. The molecule has 1 aliphatic heterocycles. The molecule has 1 aliphatic rings. The van der Waals surface area contributed by atoms with E-state index >= 15 is 0 Å². The summed E-state index contributed by atoms with van der Waals surface area (Å²) in [5.41, 5.74) is 0. The van der Waals surface area contributed by atoms with E-state index in [0.29, 0.717) is 5.92 Å². The van der Waals surface area contributed by atoms with E-state index in [-0.39, 0.29) is 5.91 Å². The largest absolute Gasteiger partial charge is 0.381 e. The topological polar surface area (TPSA) is 29.5 Å². The first-order valence-corrected chi connectivity index (χ1v) is 3.49. The molecular weight excluding hydrogens is 130 g/mol. The molecule has 0 aromatic heterocycles. The number of nitrogens with zero attached hydrogens (tertiary/aromatic N) is 1. The Bertz CT molecular complexity index is 132. The fourth-order valence-electron chi connectivity index (χ4n) is 0.906. The summed E-state index contributed by atoms with van der Waals surface area (Å²) in [5, 5.41) is 0. The van der Waals surface area contributed by atoms with Crippen LogP contribution in [0.4, 0.5) is 0 Å². The normalized spacial score (nSPS) is 18.2. The SMILES string of the molecule is CC(=O)N(C)CC1COC1. The Morgan fingerprint density at radius 3 is 2.60 bits per heavy atom. The van der Waals surface area contributed by atoms with Crippen molar-refractivity contribution in [2.75, 3.05) is 26.8 Å². The maximum absolute atomic E-state index is 10.7. The lowest BCUT2D eigenvalue weighted by atomic mass is 10.1. The van der Waals surface area contributed by atoms with Crippen LogP contribution in [-0.4, -0.2) is 37.6 Å². The van der Waals surface area contributed by atoms with Gasteiger partial charge in [-0.1, -0.05) is 0 Å². The van der Waals surface area contributed by atoms with Crippen molar-refractivity contribution in [3.63, 3.8) is 0 Å². The molecule has 0 saturated carbocycles. The van der Waals surface area contributed by atoms with Crippen molar-refractivity contribution < 1.29 is 9.53 Å². The highest BCUT2D eigenvalue weighted by Gasteiger charge is 2.20. The number of rotatable bonds is 2. The molecular formula is C7H13NO2. The first-order chi connectivity index (χ1) is 4.70. The van der Waals surface area contributed by atoms with Gasteiger partial charge < -0.3 is 9.64 Å². The van der Waals surface area contributed by atoms with E-state index in [0.717, 1.165) is 19.8 Å². The lowest BCUT2D eigenvalue weighted by Crippen LogP contribution is -2.39. The van der Waals surface area contributed by atoms with Gasteiger partial charge in [-0.2, -0.15) is 0 Å². The van der Waals surface area contributed by atoms with Crippen LogP contribution >= 0.6 is 0 Å². The Morgan fingerprint density at radius 1 is 1.70 bits per heavy atom. The summed E-state index contributed by atoms with van der Waals surface area (Å²) in [6, 6.07) is 0. The van der Waals surface area contributed by atoms with Gasteiger partial charge in [0, 0.05) is 26.4 Å². The minimum atomic E-state index is 0.131. The summed E-state index contributed by atoms with van der Waals surface area (Å²) in [7, 11) is 1.82. The molecule has 1 amide bonds. The Labute approximate surface area is 61.0 Å². The molecule has 0 N–H and O–H groups in total. The van der Waals surface area contributed by atoms with Gasteiger partial charge >= 0.3 is 0 Å². The molecule has 0 bridgehead atoms. The van der Waals surface area contributed by atoms with Crippen LogP contribution in [0.15, 0.2) is 0 Å². The molecule has 1 saturated heterocycles. The third-order valence-corrected chi connectivity index (χ3v) is 1.78. The Kier molecular flexibility index (Phi) is 2.27. The van der Waals surface area contributed by atoms with E-state index in [2.05, 4.69) is 0 Å². The van der Waals surface area contributed by atoms with Crippen molar-refractivity contribution >= 4 is 5.91 Å². The molecule has 0 aliphatic carbocycles. The average Bonchev–Trinajstić information content (AvgIpc) is 1.77. The number of carbonyl (C=O) groups is 1. The maximum atomic E-state index is 10.7. The van der Waals surface area contributed by atoms with Crippen LogP contribution in [0, 0.1) is 5.92 Å². The van der Waals surface area contributed by atoms with Crippen LogP contribution in [0.3, 0.4) is 0 Å². The second-order valence-corrected chi connectivity index (χ2v) is 2.80. The van der Waals surface area contributed by atoms with Gasteiger partial charge in [-0.3, -0.25) is 4.79 Å². The van der Waals surface area contributed by atoms with Gasteiger partial charge in [0.15, 0.2) is 0 Å². The number of ether oxygens (including phenoxy) is 1. The monoisotopic (exact) mass is 143 g/mol. The van der Waals surface area contributed by atoms with Crippen molar-refractivity contribution in [2.24, 2.45) is 5.92 Å². The third kappa shape index (κ3) is 1.70. The minimum Gasteiger partial charge on any atom is -0.381 e. The predicted octanol–water partition coefficient (Wildman–Crippen LogP) is 0.111. The fraction of sp³-hybridized carbons (Fsp3) is 0.857. The lowest BCUT2D eigenvalue weighted by Gasteiger charge is -2.29. The second-order valence-electron chi connectivity index (χ2n) is 2.80. The van der Waals surface area contributed by atoms with E-state index in [1.165, 1.54) is 0 Å². The summed E-state index contributed by atoms with van der Waals surface area (Å²) in [6.45, 7) is 4.06. The van der Waals surface area contributed by atoms with E-state index in [1.54, 1.807) is 11.8 Å². The Hall–Kier alpha value is -0.570. The van der Waals surface area contributed by atoms with E-state index in [4.69, 9.17) is 4.74 Å². The Balaban J connectivity index is 2.16. The molecule has 1 heterocycles.